The minimum absolute atomic E-state index is 0.117. The Hall–Kier alpha value is -4.65. The summed E-state index contributed by atoms with van der Waals surface area (Å²) in [4.78, 5) is 34.6. The third kappa shape index (κ3) is 7.89. The molecule has 48 heavy (non-hydrogen) atoms. The number of rotatable bonds is 8. The van der Waals surface area contributed by atoms with Crippen molar-refractivity contribution in [2.75, 3.05) is 29.9 Å². The minimum atomic E-state index is -0.734. The van der Waals surface area contributed by atoms with Gasteiger partial charge in [0.15, 0.2) is 5.65 Å². The van der Waals surface area contributed by atoms with E-state index in [0.29, 0.717) is 42.7 Å². The third-order valence-electron chi connectivity index (χ3n) is 8.35. The summed E-state index contributed by atoms with van der Waals surface area (Å²) in [5.74, 6) is 1.33. The number of anilines is 2. The number of fused-ring (bicyclic) bond motifs is 1. The number of likely N-dealkylation sites (tertiary alicyclic amines) is 1. The molecule has 4 heterocycles. The van der Waals surface area contributed by atoms with Gasteiger partial charge in [0.1, 0.15) is 22.8 Å². The molecule has 2 N–H and O–H groups in total. The van der Waals surface area contributed by atoms with Crippen molar-refractivity contribution in [2.24, 2.45) is 5.92 Å². The van der Waals surface area contributed by atoms with Crippen molar-refractivity contribution < 1.29 is 24.2 Å². The van der Waals surface area contributed by atoms with Gasteiger partial charge in [0, 0.05) is 43.0 Å². The number of hydrogen-bond acceptors (Lipinski definition) is 9. The first-order valence-corrected chi connectivity index (χ1v) is 16.6. The Morgan fingerprint density at radius 2 is 1.75 bits per heavy atom. The molecule has 2 atom stereocenters. The fourth-order valence-electron chi connectivity index (χ4n) is 5.79. The van der Waals surface area contributed by atoms with Gasteiger partial charge < -0.3 is 24.8 Å². The van der Waals surface area contributed by atoms with Gasteiger partial charge in [-0.1, -0.05) is 12.1 Å². The van der Waals surface area contributed by atoms with Crippen molar-refractivity contribution in [2.45, 2.75) is 90.6 Å². The van der Waals surface area contributed by atoms with Crippen LogP contribution in [-0.4, -0.2) is 83.5 Å². The Bertz CT molecular complexity index is 1740. The molecule has 1 aromatic carbocycles. The summed E-state index contributed by atoms with van der Waals surface area (Å²) in [5.41, 5.74) is 2.20. The number of carbonyl (C=O) groups excluding carboxylic acids is 2. The first kappa shape index (κ1) is 33.3. The topological polar surface area (TPSA) is 139 Å². The second-order valence-corrected chi connectivity index (χ2v) is 14.7. The molecule has 0 unspecified atom stereocenters. The van der Waals surface area contributed by atoms with E-state index in [2.05, 4.69) is 10.4 Å². The van der Waals surface area contributed by atoms with Crippen LogP contribution in [0.4, 0.5) is 21.2 Å². The maximum absolute atomic E-state index is 13.9. The molecule has 256 valence electrons. The standard InChI is InChI=1S/C35H46N8O5/c1-34(2,3)47-32(45)40-17-14-25(28(44)22-40)19-36-29-18-30(43-31(39-29)27(20-38-43)24-10-11-24)41(33(46)48-35(4,5)6)21-23-8-12-26(13-9-23)42-16-7-15-37-42/h7-9,12-13,15-16,18,20,24-25,28,44H,10-11,14,17,19,21-22H2,1-6H3,(H,36,39)/t25-,28+/m1/s1. The van der Waals surface area contributed by atoms with E-state index in [-0.39, 0.29) is 19.0 Å². The third-order valence-corrected chi connectivity index (χ3v) is 8.35. The number of nitrogens with zero attached hydrogens (tertiary/aromatic N) is 7. The Kier molecular flexibility index (Phi) is 9.08. The lowest BCUT2D eigenvalue weighted by Crippen LogP contribution is -2.49. The van der Waals surface area contributed by atoms with Crippen molar-refractivity contribution in [1.29, 1.82) is 0 Å². The van der Waals surface area contributed by atoms with Crippen LogP contribution >= 0.6 is 0 Å². The maximum Gasteiger partial charge on any atom is 0.416 e. The highest BCUT2D eigenvalue weighted by atomic mass is 16.6. The smallest absolute Gasteiger partial charge is 0.416 e. The molecule has 13 heteroatoms. The van der Waals surface area contributed by atoms with Crippen LogP contribution in [0.25, 0.3) is 11.3 Å². The van der Waals surface area contributed by atoms with Crippen molar-refractivity contribution in [3.05, 3.63) is 66.1 Å². The molecule has 4 aromatic rings. The number of ether oxygens (including phenoxy) is 2. The monoisotopic (exact) mass is 658 g/mol. The molecule has 1 aliphatic carbocycles. The number of aliphatic hydroxyl groups excluding tert-OH is 1. The average molecular weight is 659 g/mol. The van der Waals surface area contributed by atoms with E-state index >= 15 is 0 Å². The fourth-order valence-corrected chi connectivity index (χ4v) is 5.79. The molecule has 2 aliphatic rings. The molecule has 2 fully saturated rings. The lowest BCUT2D eigenvalue weighted by Gasteiger charge is -2.36. The van der Waals surface area contributed by atoms with Gasteiger partial charge in [0.25, 0.3) is 0 Å². The van der Waals surface area contributed by atoms with Crippen LogP contribution in [0, 0.1) is 5.92 Å². The van der Waals surface area contributed by atoms with Gasteiger partial charge in [0.05, 0.1) is 31.1 Å². The Labute approximate surface area is 280 Å². The second kappa shape index (κ2) is 13.1. The van der Waals surface area contributed by atoms with E-state index in [1.807, 2.05) is 84.3 Å². The molecule has 3 aromatic heterocycles. The summed E-state index contributed by atoms with van der Waals surface area (Å²) < 4.78 is 14.9. The van der Waals surface area contributed by atoms with Gasteiger partial charge in [-0.25, -0.2) is 19.3 Å². The number of amides is 2. The molecular formula is C35H46N8O5. The number of aromatic nitrogens is 5. The molecule has 13 nitrogen and oxygen atoms in total. The number of piperidine rings is 1. The minimum Gasteiger partial charge on any atom is -0.444 e. The Morgan fingerprint density at radius 1 is 1.02 bits per heavy atom. The predicted molar refractivity (Wildman–Crippen MR) is 181 cm³/mol. The molecule has 6 rings (SSSR count). The summed E-state index contributed by atoms with van der Waals surface area (Å²) >= 11 is 0. The molecule has 0 radical (unpaired) electrons. The van der Waals surface area contributed by atoms with Gasteiger partial charge in [-0.15, -0.1) is 0 Å². The predicted octanol–water partition coefficient (Wildman–Crippen LogP) is 5.76. The van der Waals surface area contributed by atoms with Crippen LogP contribution in [0.3, 0.4) is 0 Å². The highest BCUT2D eigenvalue weighted by Crippen LogP contribution is 2.42. The number of nitrogens with one attached hydrogen (secondary N) is 1. The van der Waals surface area contributed by atoms with Gasteiger partial charge in [0.2, 0.25) is 0 Å². The molecule has 0 spiro atoms. The van der Waals surface area contributed by atoms with E-state index < -0.39 is 29.5 Å². The summed E-state index contributed by atoms with van der Waals surface area (Å²) in [6.45, 7) is 12.3. The van der Waals surface area contributed by atoms with Crippen LogP contribution in [-0.2, 0) is 16.0 Å². The van der Waals surface area contributed by atoms with Gasteiger partial charge in [-0.2, -0.15) is 14.7 Å². The molecule has 2 amide bonds. The fraction of sp³-hybridized carbons (Fsp3) is 0.514. The first-order chi connectivity index (χ1) is 22.7. The van der Waals surface area contributed by atoms with Crippen LogP contribution in [0.5, 0.6) is 0 Å². The van der Waals surface area contributed by atoms with Crippen LogP contribution < -0.4 is 10.2 Å². The van der Waals surface area contributed by atoms with Crippen molar-refractivity contribution in [1.82, 2.24) is 29.3 Å². The second-order valence-electron chi connectivity index (χ2n) is 14.7. The normalized spacial score (nSPS) is 18.5. The summed E-state index contributed by atoms with van der Waals surface area (Å²) in [6.07, 6.45) is 6.52. The molecule has 1 saturated heterocycles. The zero-order valence-electron chi connectivity index (χ0n) is 28.6. The van der Waals surface area contributed by atoms with Crippen LogP contribution in [0.1, 0.15) is 77.8 Å². The lowest BCUT2D eigenvalue weighted by atomic mass is 9.94. The lowest BCUT2D eigenvalue weighted by molar-refractivity contribution is -0.0104. The number of benzene rings is 1. The van der Waals surface area contributed by atoms with Crippen molar-refractivity contribution in [3.63, 3.8) is 0 Å². The van der Waals surface area contributed by atoms with E-state index in [1.165, 1.54) is 0 Å². The summed E-state index contributed by atoms with van der Waals surface area (Å²) in [6, 6.07) is 11.5. The summed E-state index contributed by atoms with van der Waals surface area (Å²) in [7, 11) is 0. The molecule has 1 aliphatic heterocycles. The van der Waals surface area contributed by atoms with Gasteiger partial charge in [-0.05, 0) is 90.5 Å². The molecule has 0 bridgehead atoms. The highest BCUT2D eigenvalue weighted by molar-refractivity contribution is 5.88. The van der Waals surface area contributed by atoms with Gasteiger partial charge in [-0.3, -0.25) is 4.90 Å². The Morgan fingerprint density at radius 3 is 2.38 bits per heavy atom. The zero-order chi connectivity index (χ0) is 34.2. The zero-order valence-corrected chi connectivity index (χ0v) is 28.6. The van der Waals surface area contributed by atoms with Crippen LogP contribution in [0.2, 0.25) is 0 Å². The van der Waals surface area contributed by atoms with E-state index in [9.17, 15) is 14.7 Å². The van der Waals surface area contributed by atoms with E-state index in [4.69, 9.17) is 19.6 Å². The number of hydrogen-bond donors (Lipinski definition) is 2. The maximum atomic E-state index is 13.9. The Balaban J connectivity index is 1.27. The highest BCUT2D eigenvalue weighted by Gasteiger charge is 2.34. The van der Waals surface area contributed by atoms with E-state index in [0.717, 1.165) is 29.7 Å². The molecule has 1 saturated carbocycles. The first-order valence-electron chi connectivity index (χ1n) is 16.6. The average Bonchev–Trinajstić information content (AvgIpc) is 3.52. The van der Waals surface area contributed by atoms with Crippen molar-refractivity contribution >= 4 is 29.5 Å². The van der Waals surface area contributed by atoms with Crippen LogP contribution in [0.15, 0.2) is 55.0 Å². The largest absolute Gasteiger partial charge is 0.444 e. The number of carbonyl (C=O) groups is 2. The number of aliphatic hydroxyl groups is 1. The molecular weight excluding hydrogens is 612 g/mol. The SMILES string of the molecule is CC(C)(C)OC(=O)N1CC[C@H](CNc2cc(N(Cc3ccc(-n4cccn4)cc3)C(=O)OC(C)(C)C)n3ncc(C4CC4)c3n2)[C@@H](O)C1. The summed E-state index contributed by atoms with van der Waals surface area (Å²) in [5, 5.41) is 23.4. The number of β-amino-alcohol motifs (C(OH)–C–C–N with tert-alkyl or cyclic N) is 1. The van der Waals surface area contributed by atoms with Gasteiger partial charge >= 0.3 is 12.2 Å². The van der Waals surface area contributed by atoms with Crippen molar-refractivity contribution in [3.8, 4) is 5.69 Å². The van der Waals surface area contributed by atoms with E-state index in [1.54, 1.807) is 31.3 Å². The quantitative estimate of drug-likeness (QED) is 0.242.